The third-order valence-electron chi connectivity index (χ3n) is 4.60. The second kappa shape index (κ2) is 7.12. The Balaban J connectivity index is 1.91. The van der Waals surface area contributed by atoms with Crippen LogP contribution in [0.15, 0.2) is 18.2 Å². The third kappa shape index (κ3) is 3.99. The third-order valence-corrected chi connectivity index (χ3v) is 4.60. The van der Waals surface area contributed by atoms with Gasteiger partial charge in [-0.15, -0.1) is 0 Å². The smallest absolute Gasteiger partial charge is 0.0396 e. The standard InChI is InChI=1S/C18H30N2/c1-5-14(2)11-15(3)19-13-16-8-9-18-17(12-16)7-6-10-20(18)4/h8-9,12,14-15,19H,5-7,10-11,13H2,1-4H3. The molecule has 0 radical (unpaired) electrons. The summed E-state index contributed by atoms with van der Waals surface area (Å²) in [5, 5.41) is 3.67. The van der Waals surface area contributed by atoms with E-state index in [0.717, 1.165) is 12.5 Å². The van der Waals surface area contributed by atoms with Gasteiger partial charge in [0.15, 0.2) is 0 Å². The molecule has 0 fully saturated rings. The van der Waals surface area contributed by atoms with Crippen LogP contribution in [0, 0.1) is 5.92 Å². The zero-order chi connectivity index (χ0) is 14.5. The Kier molecular flexibility index (Phi) is 5.47. The van der Waals surface area contributed by atoms with Crippen molar-refractivity contribution in [3.8, 4) is 0 Å². The van der Waals surface area contributed by atoms with E-state index in [9.17, 15) is 0 Å². The number of hydrogen-bond donors (Lipinski definition) is 1. The van der Waals surface area contributed by atoms with Crippen molar-refractivity contribution in [2.24, 2.45) is 5.92 Å². The highest BCUT2D eigenvalue weighted by molar-refractivity contribution is 5.56. The van der Waals surface area contributed by atoms with Gasteiger partial charge in [-0.1, -0.05) is 32.4 Å². The van der Waals surface area contributed by atoms with E-state index in [0.29, 0.717) is 6.04 Å². The Morgan fingerprint density at radius 3 is 2.85 bits per heavy atom. The maximum atomic E-state index is 3.67. The van der Waals surface area contributed by atoms with Crippen molar-refractivity contribution in [3.63, 3.8) is 0 Å². The van der Waals surface area contributed by atoms with Gasteiger partial charge in [0.2, 0.25) is 0 Å². The molecule has 0 bridgehead atoms. The van der Waals surface area contributed by atoms with Crippen molar-refractivity contribution in [1.29, 1.82) is 0 Å². The summed E-state index contributed by atoms with van der Waals surface area (Å²) in [7, 11) is 2.20. The van der Waals surface area contributed by atoms with Crippen LogP contribution in [0.2, 0.25) is 0 Å². The molecule has 20 heavy (non-hydrogen) atoms. The fourth-order valence-electron chi connectivity index (χ4n) is 3.09. The van der Waals surface area contributed by atoms with E-state index in [-0.39, 0.29) is 0 Å². The first kappa shape index (κ1) is 15.4. The normalized spacial score (nSPS) is 17.7. The van der Waals surface area contributed by atoms with Crippen LogP contribution in [0.25, 0.3) is 0 Å². The second-order valence-electron chi connectivity index (χ2n) is 6.52. The maximum Gasteiger partial charge on any atom is 0.0396 e. The molecule has 0 saturated heterocycles. The molecule has 1 aliphatic rings. The number of rotatable bonds is 6. The Morgan fingerprint density at radius 2 is 2.10 bits per heavy atom. The molecule has 112 valence electrons. The molecule has 1 aromatic rings. The van der Waals surface area contributed by atoms with Crippen molar-refractivity contribution < 1.29 is 0 Å². The largest absolute Gasteiger partial charge is 0.374 e. The fraction of sp³-hybridized carbons (Fsp3) is 0.667. The minimum atomic E-state index is 0.601. The molecule has 2 unspecified atom stereocenters. The Morgan fingerprint density at radius 1 is 1.30 bits per heavy atom. The van der Waals surface area contributed by atoms with Crippen molar-refractivity contribution in [3.05, 3.63) is 29.3 Å². The van der Waals surface area contributed by atoms with Gasteiger partial charge in [-0.2, -0.15) is 0 Å². The van der Waals surface area contributed by atoms with Crippen LogP contribution in [0.4, 0.5) is 5.69 Å². The maximum absolute atomic E-state index is 3.67. The van der Waals surface area contributed by atoms with Crippen LogP contribution >= 0.6 is 0 Å². The van der Waals surface area contributed by atoms with Crippen molar-refractivity contribution in [2.75, 3.05) is 18.5 Å². The van der Waals surface area contributed by atoms with Crippen LogP contribution < -0.4 is 10.2 Å². The van der Waals surface area contributed by atoms with Gasteiger partial charge < -0.3 is 10.2 Å². The van der Waals surface area contributed by atoms with Gasteiger partial charge in [0.1, 0.15) is 0 Å². The average Bonchev–Trinajstić information content (AvgIpc) is 2.45. The Bertz CT molecular complexity index is 427. The topological polar surface area (TPSA) is 15.3 Å². The van der Waals surface area contributed by atoms with Gasteiger partial charge in [0.25, 0.3) is 0 Å². The quantitative estimate of drug-likeness (QED) is 0.844. The molecule has 0 aliphatic carbocycles. The summed E-state index contributed by atoms with van der Waals surface area (Å²) in [6, 6.07) is 7.58. The number of anilines is 1. The first-order valence-electron chi connectivity index (χ1n) is 8.16. The SMILES string of the molecule is CCC(C)CC(C)NCc1ccc2c(c1)CCCN2C. The highest BCUT2D eigenvalue weighted by Gasteiger charge is 2.14. The summed E-state index contributed by atoms with van der Waals surface area (Å²) in [5.74, 6) is 0.815. The number of nitrogens with one attached hydrogen (secondary N) is 1. The number of hydrogen-bond acceptors (Lipinski definition) is 2. The van der Waals surface area contributed by atoms with Gasteiger partial charge in [0, 0.05) is 31.9 Å². The van der Waals surface area contributed by atoms with Crippen molar-refractivity contribution >= 4 is 5.69 Å². The highest BCUT2D eigenvalue weighted by Crippen LogP contribution is 2.26. The summed E-state index contributed by atoms with van der Waals surface area (Å²) in [4.78, 5) is 2.38. The highest BCUT2D eigenvalue weighted by atomic mass is 15.1. The number of fused-ring (bicyclic) bond motifs is 1. The zero-order valence-corrected chi connectivity index (χ0v) is 13.6. The molecule has 2 rings (SSSR count). The van der Waals surface area contributed by atoms with E-state index in [4.69, 9.17) is 0 Å². The minimum absolute atomic E-state index is 0.601. The molecular weight excluding hydrogens is 244 g/mol. The van der Waals surface area contributed by atoms with Crippen LogP contribution in [0.3, 0.4) is 0 Å². The first-order valence-corrected chi connectivity index (χ1v) is 8.16. The molecule has 0 spiro atoms. The number of nitrogens with zero attached hydrogens (tertiary/aromatic N) is 1. The Hall–Kier alpha value is -1.02. The predicted octanol–water partition coefficient (Wildman–Crippen LogP) is 3.98. The molecule has 0 aromatic heterocycles. The van der Waals surface area contributed by atoms with Crippen LogP contribution in [-0.4, -0.2) is 19.6 Å². The molecule has 0 amide bonds. The summed E-state index contributed by atoms with van der Waals surface area (Å²) < 4.78 is 0. The summed E-state index contributed by atoms with van der Waals surface area (Å²) in [6.45, 7) is 9.10. The zero-order valence-electron chi connectivity index (χ0n) is 13.6. The van der Waals surface area contributed by atoms with E-state index < -0.39 is 0 Å². The predicted molar refractivity (Wildman–Crippen MR) is 88.4 cm³/mol. The fourth-order valence-corrected chi connectivity index (χ4v) is 3.09. The lowest BCUT2D eigenvalue weighted by molar-refractivity contribution is 0.412. The van der Waals surface area contributed by atoms with E-state index in [1.54, 1.807) is 0 Å². The molecular formula is C18H30N2. The molecule has 0 saturated carbocycles. The molecule has 2 nitrogen and oxygen atoms in total. The minimum Gasteiger partial charge on any atom is -0.374 e. The van der Waals surface area contributed by atoms with Crippen LogP contribution in [0.5, 0.6) is 0 Å². The van der Waals surface area contributed by atoms with Gasteiger partial charge in [0.05, 0.1) is 0 Å². The van der Waals surface area contributed by atoms with Gasteiger partial charge >= 0.3 is 0 Å². The molecule has 2 heteroatoms. The lowest BCUT2D eigenvalue weighted by atomic mass is 9.98. The van der Waals surface area contributed by atoms with E-state index in [1.165, 1.54) is 49.0 Å². The monoisotopic (exact) mass is 274 g/mol. The number of benzene rings is 1. The van der Waals surface area contributed by atoms with Gasteiger partial charge in [-0.25, -0.2) is 0 Å². The van der Waals surface area contributed by atoms with Crippen molar-refractivity contribution in [1.82, 2.24) is 5.32 Å². The van der Waals surface area contributed by atoms with Crippen LogP contribution in [-0.2, 0) is 13.0 Å². The van der Waals surface area contributed by atoms with Crippen molar-refractivity contribution in [2.45, 2.75) is 59.0 Å². The molecule has 1 aliphatic heterocycles. The van der Waals surface area contributed by atoms with Crippen LogP contribution in [0.1, 0.15) is 51.2 Å². The van der Waals surface area contributed by atoms with E-state index in [2.05, 4.69) is 56.2 Å². The summed E-state index contributed by atoms with van der Waals surface area (Å²) >= 11 is 0. The molecule has 1 N–H and O–H groups in total. The van der Waals surface area contributed by atoms with Gasteiger partial charge in [-0.3, -0.25) is 0 Å². The van der Waals surface area contributed by atoms with Gasteiger partial charge in [-0.05, 0) is 49.3 Å². The average molecular weight is 274 g/mol. The molecule has 1 heterocycles. The molecule has 2 atom stereocenters. The lowest BCUT2D eigenvalue weighted by Crippen LogP contribution is -2.28. The first-order chi connectivity index (χ1) is 9.60. The van der Waals surface area contributed by atoms with E-state index >= 15 is 0 Å². The molecule has 1 aromatic carbocycles. The lowest BCUT2D eigenvalue weighted by Gasteiger charge is -2.28. The second-order valence-corrected chi connectivity index (χ2v) is 6.52. The summed E-state index contributed by atoms with van der Waals surface area (Å²) in [6.07, 6.45) is 5.06. The number of aryl methyl sites for hydroxylation is 1. The Labute approximate surface area is 124 Å². The summed E-state index contributed by atoms with van der Waals surface area (Å²) in [5.41, 5.74) is 4.37. The van der Waals surface area contributed by atoms with E-state index in [1.807, 2.05) is 0 Å².